The van der Waals surface area contributed by atoms with Crippen LogP contribution >= 0.6 is 23.2 Å². The Balaban J connectivity index is 1.79. The molecule has 1 heterocycles. The van der Waals surface area contributed by atoms with Crippen LogP contribution in [0.1, 0.15) is 11.5 Å². The van der Waals surface area contributed by atoms with Gasteiger partial charge in [0.2, 0.25) is 5.82 Å². The Morgan fingerprint density at radius 1 is 1.04 bits per heavy atom. The highest BCUT2D eigenvalue weighted by atomic mass is 35.5. The predicted molar refractivity (Wildman–Crippen MR) is 91.7 cm³/mol. The summed E-state index contributed by atoms with van der Waals surface area (Å²) in [5, 5.41) is 4.96. The summed E-state index contributed by atoms with van der Waals surface area (Å²) < 4.78 is 10.3. The Morgan fingerprint density at radius 3 is 2.52 bits per heavy atom. The van der Waals surface area contributed by atoms with E-state index < -0.39 is 0 Å². The second kappa shape index (κ2) is 6.86. The van der Waals surface area contributed by atoms with Crippen LogP contribution in [0.4, 0.5) is 0 Å². The fourth-order valence-electron chi connectivity index (χ4n) is 1.97. The van der Waals surface area contributed by atoms with Crippen LogP contribution in [0.5, 0.6) is 5.75 Å². The molecule has 0 aliphatic heterocycles. The maximum atomic E-state index is 6.14. The molecule has 0 saturated carbocycles. The number of halogens is 2. The Morgan fingerprint density at radius 2 is 1.83 bits per heavy atom. The minimum atomic E-state index is 0.391. The molecule has 0 N–H and O–H groups in total. The number of nitrogens with zero attached hydrogens (tertiary/aromatic N) is 2. The third-order valence-electron chi connectivity index (χ3n) is 3.15. The number of methoxy groups -OCH3 is 1. The smallest absolute Gasteiger partial charge is 0.250 e. The molecule has 0 unspecified atom stereocenters. The Bertz CT molecular complexity index is 842. The number of hydrogen-bond acceptors (Lipinski definition) is 4. The molecule has 2 aromatic carbocycles. The summed E-state index contributed by atoms with van der Waals surface area (Å²) in [5.41, 5.74) is 1.67. The SMILES string of the molecule is COc1ccc(/C=C/c2nc(-c3ccc(Cl)cc3Cl)no2)cc1. The lowest BCUT2D eigenvalue weighted by Crippen LogP contribution is -1.82. The molecule has 23 heavy (non-hydrogen) atoms. The second-order valence-electron chi connectivity index (χ2n) is 4.69. The van der Waals surface area contributed by atoms with Gasteiger partial charge in [-0.15, -0.1) is 0 Å². The van der Waals surface area contributed by atoms with E-state index in [2.05, 4.69) is 10.1 Å². The van der Waals surface area contributed by atoms with E-state index in [1.165, 1.54) is 0 Å². The zero-order valence-corrected chi connectivity index (χ0v) is 13.7. The third-order valence-corrected chi connectivity index (χ3v) is 3.70. The molecule has 0 saturated heterocycles. The van der Waals surface area contributed by atoms with Gasteiger partial charge in [-0.25, -0.2) is 0 Å². The number of aromatic nitrogens is 2. The highest BCUT2D eigenvalue weighted by molar-refractivity contribution is 6.36. The van der Waals surface area contributed by atoms with E-state index in [1.54, 1.807) is 31.4 Å². The standard InChI is InChI=1S/C17H12Cl2N2O2/c1-22-13-6-2-11(3-7-13)4-9-16-20-17(21-23-16)14-8-5-12(18)10-15(14)19/h2-10H,1H3/b9-4+. The highest BCUT2D eigenvalue weighted by Gasteiger charge is 2.10. The average Bonchev–Trinajstić information content (AvgIpc) is 3.02. The van der Waals surface area contributed by atoms with Gasteiger partial charge in [0, 0.05) is 16.7 Å². The van der Waals surface area contributed by atoms with Crippen LogP contribution in [0.25, 0.3) is 23.5 Å². The molecular weight excluding hydrogens is 335 g/mol. The minimum Gasteiger partial charge on any atom is -0.497 e. The number of ether oxygens (including phenoxy) is 1. The molecule has 0 spiro atoms. The Labute approximate surface area is 143 Å². The highest BCUT2D eigenvalue weighted by Crippen LogP contribution is 2.28. The van der Waals surface area contributed by atoms with Gasteiger partial charge in [0.05, 0.1) is 12.1 Å². The van der Waals surface area contributed by atoms with Crippen LogP contribution in [0.2, 0.25) is 10.0 Å². The predicted octanol–water partition coefficient (Wildman–Crippen LogP) is 5.22. The van der Waals surface area contributed by atoms with Gasteiger partial charge in [-0.05, 0) is 42.0 Å². The van der Waals surface area contributed by atoms with E-state index in [-0.39, 0.29) is 0 Å². The van der Waals surface area contributed by atoms with Crippen molar-refractivity contribution in [2.75, 3.05) is 7.11 Å². The van der Waals surface area contributed by atoms with Crippen molar-refractivity contribution in [1.29, 1.82) is 0 Å². The van der Waals surface area contributed by atoms with Crippen LogP contribution in [-0.4, -0.2) is 17.3 Å². The molecule has 6 heteroatoms. The van der Waals surface area contributed by atoms with Gasteiger partial charge in [0.1, 0.15) is 5.75 Å². The molecule has 0 aliphatic rings. The fraction of sp³-hybridized carbons (Fsp3) is 0.0588. The van der Waals surface area contributed by atoms with Crippen molar-refractivity contribution in [2.45, 2.75) is 0 Å². The van der Waals surface area contributed by atoms with Gasteiger partial charge in [0.25, 0.3) is 5.89 Å². The van der Waals surface area contributed by atoms with Crippen molar-refractivity contribution < 1.29 is 9.26 Å². The number of benzene rings is 2. The molecule has 1 aromatic heterocycles. The lowest BCUT2D eigenvalue weighted by atomic mass is 10.2. The Hall–Kier alpha value is -2.30. The summed E-state index contributed by atoms with van der Waals surface area (Å²) in [7, 11) is 1.63. The lowest BCUT2D eigenvalue weighted by Gasteiger charge is -1.98. The normalized spacial score (nSPS) is 11.1. The molecule has 3 rings (SSSR count). The van der Waals surface area contributed by atoms with Crippen LogP contribution in [0, 0.1) is 0 Å². The molecule has 0 amide bonds. The second-order valence-corrected chi connectivity index (χ2v) is 5.53. The fourth-order valence-corrected chi connectivity index (χ4v) is 2.46. The summed E-state index contributed by atoms with van der Waals surface area (Å²) in [6.07, 6.45) is 3.61. The van der Waals surface area contributed by atoms with Crippen molar-refractivity contribution >= 4 is 35.4 Å². The summed E-state index contributed by atoms with van der Waals surface area (Å²) in [5.74, 6) is 1.61. The Kier molecular flexibility index (Phi) is 4.65. The molecule has 0 aliphatic carbocycles. The summed E-state index contributed by atoms with van der Waals surface area (Å²) >= 11 is 12.0. The van der Waals surface area contributed by atoms with Crippen LogP contribution in [0.15, 0.2) is 47.0 Å². The first kappa shape index (κ1) is 15.6. The maximum absolute atomic E-state index is 6.14. The molecule has 0 bridgehead atoms. The van der Waals surface area contributed by atoms with Crippen molar-refractivity contribution in [3.05, 3.63) is 64.0 Å². The van der Waals surface area contributed by atoms with Crippen molar-refractivity contribution in [2.24, 2.45) is 0 Å². The molecule has 0 fully saturated rings. The number of rotatable bonds is 4. The van der Waals surface area contributed by atoms with Gasteiger partial charge < -0.3 is 9.26 Å². The van der Waals surface area contributed by atoms with Gasteiger partial charge in [0.15, 0.2) is 0 Å². The average molecular weight is 347 g/mol. The van der Waals surface area contributed by atoms with E-state index >= 15 is 0 Å². The first-order chi connectivity index (χ1) is 11.2. The largest absolute Gasteiger partial charge is 0.497 e. The molecular formula is C17H12Cl2N2O2. The summed E-state index contributed by atoms with van der Waals surface area (Å²) in [6.45, 7) is 0. The van der Waals surface area contributed by atoms with E-state index in [4.69, 9.17) is 32.5 Å². The maximum Gasteiger partial charge on any atom is 0.250 e. The zero-order chi connectivity index (χ0) is 16.2. The first-order valence-corrected chi connectivity index (χ1v) is 7.52. The summed E-state index contributed by atoms with van der Waals surface area (Å²) in [4.78, 5) is 4.30. The first-order valence-electron chi connectivity index (χ1n) is 6.77. The van der Waals surface area contributed by atoms with E-state index in [9.17, 15) is 0 Å². The van der Waals surface area contributed by atoms with Gasteiger partial charge in [-0.2, -0.15) is 4.98 Å². The molecule has 0 radical (unpaired) electrons. The number of hydrogen-bond donors (Lipinski definition) is 0. The minimum absolute atomic E-state index is 0.391. The van der Waals surface area contributed by atoms with Crippen molar-refractivity contribution in [3.8, 4) is 17.1 Å². The van der Waals surface area contributed by atoms with E-state index in [0.717, 1.165) is 11.3 Å². The topological polar surface area (TPSA) is 48.2 Å². The van der Waals surface area contributed by atoms with Gasteiger partial charge in [-0.3, -0.25) is 0 Å². The van der Waals surface area contributed by atoms with E-state index in [0.29, 0.717) is 27.3 Å². The van der Waals surface area contributed by atoms with Crippen molar-refractivity contribution in [3.63, 3.8) is 0 Å². The molecule has 0 atom stereocenters. The lowest BCUT2D eigenvalue weighted by molar-refractivity contribution is 0.411. The van der Waals surface area contributed by atoms with Crippen molar-refractivity contribution in [1.82, 2.24) is 10.1 Å². The third kappa shape index (κ3) is 3.73. The monoisotopic (exact) mass is 346 g/mol. The summed E-state index contributed by atoms with van der Waals surface area (Å²) in [6, 6.07) is 12.8. The van der Waals surface area contributed by atoms with Crippen LogP contribution in [-0.2, 0) is 0 Å². The van der Waals surface area contributed by atoms with Gasteiger partial charge >= 0.3 is 0 Å². The zero-order valence-electron chi connectivity index (χ0n) is 12.2. The van der Waals surface area contributed by atoms with Crippen LogP contribution in [0.3, 0.4) is 0 Å². The molecule has 116 valence electrons. The molecule has 3 aromatic rings. The molecule has 4 nitrogen and oxygen atoms in total. The quantitative estimate of drug-likeness (QED) is 0.649. The van der Waals surface area contributed by atoms with Gasteiger partial charge in [-0.1, -0.05) is 40.5 Å². The van der Waals surface area contributed by atoms with E-state index in [1.807, 2.05) is 30.3 Å². The van der Waals surface area contributed by atoms with Crippen LogP contribution < -0.4 is 4.74 Å².